The second-order valence-corrected chi connectivity index (χ2v) is 14.4. The monoisotopic (exact) mass is 685 g/mol. The summed E-state index contributed by atoms with van der Waals surface area (Å²) in [5.74, 6) is 0. The smallest absolute Gasteiger partial charge is 0.0726 e. The number of anilines is 3. The van der Waals surface area contributed by atoms with Crippen LogP contribution in [0.25, 0.3) is 55.3 Å². The first-order valence-electron chi connectivity index (χ1n) is 18.8. The van der Waals surface area contributed by atoms with E-state index in [4.69, 9.17) is 0 Å². The maximum Gasteiger partial charge on any atom is 0.0726 e. The Morgan fingerprint density at radius 3 is 1.43 bits per heavy atom. The minimum Gasteiger partial charge on any atom is -0.310 e. The molecule has 252 valence electrons. The van der Waals surface area contributed by atoms with E-state index in [1.807, 2.05) is 0 Å². The quantitative estimate of drug-likeness (QED) is 0.174. The van der Waals surface area contributed by atoms with Gasteiger partial charge in [-0.25, -0.2) is 0 Å². The molecule has 0 amide bonds. The van der Waals surface area contributed by atoms with Gasteiger partial charge < -0.3 is 4.90 Å². The summed E-state index contributed by atoms with van der Waals surface area (Å²) >= 11 is 0. The highest BCUT2D eigenvalue weighted by Crippen LogP contribution is 2.63. The molecule has 0 unspecified atom stereocenters. The third-order valence-corrected chi connectivity index (χ3v) is 11.7. The van der Waals surface area contributed by atoms with Gasteiger partial charge in [0, 0.05) is 17.1 Å². The Morgan fingerprint density at radius 1 is 0.296 bits per heavy atom. The zero-order valence-electron chi connectivity index (χ0n) is 29.7. The van der Waals surface area contributed by atoms with Crippen LogP contribution in [0, 0.1) is 0 Å². The molecule has 0 fully saturated rings. The lowest BCUT2D eigenvalue weighted by Gasteiger charge is -2.32. The second kappa shape index (κ2) is 12.0. The molecule has 0 heterocycles. The number of hydrogen-bond acceptors (Lipinski definition) is 1. The molecule has 9 aromatic rings. The number of nitrogens with zero attached hydrogens (tertiary/aromatic N) is 1. The van der Waals surface area contributed by atoms with Gasteiger partial charge in [0.15, 0.2) is 0 Å². The molecule has 0 saturated carbocycles. The Hall–Kier alpha value is -6.96. The van der Waals surface area contributed by atoms with Crippen LogP contribution in [0.5, 0.6) is 0 Å². The summed E-state index contributed by atoms with van der Waals surface area (Å²) in [6, 6.07) is 78.1. The first-order chi connectivity index (χ1) is 26.8. The average molecular weight is 686 g/mol. The number of fused-ring (bicyclic) bond motifs is 11. The predicted molar refractivity (Wildman–Crippen MR) is 226 cm³/mol. The molecule has 2 aliphatic rings. The van der Waals surface area contributed by atoms with Gasteiger partial charge in [-0.2, -0.15) is 0 Å². The molecule has 0 radical (unpaired) electrons. The number of para-hydroxylation sites is 1. The lowest BCUT2D eigenvalue weighted by atomic mass is 9.70. The van der Waals surface area contributed by atoms with E-state index in [9.17, 15) is 0 Å². The fourth-order valence-electron chi connectivity index (χ4n) is 9.46. The van der Waals surface area contributed by atoms with E-state index in [1.165, 1.54) is 77.5 Å². The maximum absolute atomic E-state index is 2.46. The highest BCUT2D eigenvalue weighted by atomic mass is 15.1. The Labute approximate surface area is 316 Å². The van der Waals surface area contributed by atoms with Gasteiger partial charge in [-0.1, -0.05) is 176 Å². The molecule has 0 bridgehead atoms. The van der Waals surface area contributed by atoms with Crippen molar-refractivity contribution in [1.29, 1.82) is 0 Å². The van der Waals surface area contributed by atoms with E-state index in [0.29, 0.717) is 0 Å². The first-order valence-corrected chi connectivity index (χ1v) is 18.8. The lowest BCUT2D eigenvalue weighted by Crippen LogP contribution is -2.26. The summed E-state index contributed by atoms with van der Waals surface area (Å²) in [6.07, 6.45) is 0. The van der Waals surface area contributed by atoms with Crippen molar-refractivity contribution in [2.75, 3.05) is 4.90 Å². The van der Waals surface area contributed by atoms with Crippen molar-refractivity contribution in [2.45, 2.75) is 5.41 Å². The molecule has 0 saturated heterocycles. The molecular weight excluding hydrogens is 651 g/mol. The molecule has 0 aromatic heterocycles. The van der Waals surface area contributed by atoms with Gasteiger partial charge in [-0.05, 0) is 114 Å². The minimum atomic E-state index is -0.398. The standard InChI is InChI=1S/C53H35N/c1-3-16-38(17-4-1)52-42-20-8-7-15-36(42)29-33-43(52)37-27-30-40(31-28-37)54(39-18-5-2-6-19-39)41-32-34-47-46-23-11-14-26-50(46)53(51(47)35-41)48-24-12-9-21-44(48)45-22-10-13-25-49(45)53/h1-35H. The van der Waals surface area contributed by atoms with Crippen molar-refractivity contribution in [1.82, 2.24) is 0 Å². The zero-order chi connectivity index (χ0) is 35.6. The van der Waals surface area contributed by atoms with Crippen LogP contribution < -0.4 is 4.90 Å². The maximum atomic E-state index is 2.46. The minimum absolute atomic E-state index is 0.398. The highest BCUT2D eigenvalue weighted by Gasteiger charge is 2.51. The largest absolute Gasteiger partial charge is 0.310 e. The molecular formula is C53H35N. The first kappa shape index (κ1) is 30.6. The number of rotatable bonds is 5. The molecule has 1 nitrogen and oxygen atoms in total. The van der Waals surface area contributed by atoms with Crippen LogP contribution in [-0.4, -0.2) is 0 Å². The van der Waals surface area contributed by atoms with Crippen LogP contribution in [0.2, 0.25) is 0 Å². The van der Waals surface area contributed by atoms with Gasteiger partial charge in [-0.15, -0.1) is 0 Å². The van der Waals surface area contributed by atoms with Crippen LogP contribution in [0.15, 0.2) is 212 Å². The molecule has 54 heavy (non-hydrogen) atoms. The Morgan fingerprint density at radius 2 is 0.778 bits per heavy atom. The van der Waals surface area contributed by atoms with Crippen molar-refractivity contribution >= 4 is 27.8 Å². The topological polar surface area (TPSA) is 3.24 Å². The predicted octanol–water partition coefficient (Wildman–Crippen LogP) is 14.0. The molecule has 2 aliphatic carbocycles. The van der Waals surface area contributed by atoms with Crippen LogP contribution in [-0.2, 0) is 5.41 Å². The van der Waals surface area contributed by atoms with Crippen molar-refractivity contribution < 1.29 is 0 Å². The Kier molecular flexibility index (Phi) is 6.84. The molecule has 9 aromatic carbocycles. The highest BCUT2D eigenvalue weighted by molar-refractivity contribution is 6.04. The van der Waals surface area contributed by atoms with Crippen molar-refractivity contribution in [3.8, 4) is 44.5 Å². The average Bonchev–Trinajstić information content (AvgIpc) is 3.71. The fourth-order valence-corrected chi connectivity index (χ4v) is 9.46. The van der Waals surface area contributed by atoms with E-state index >= 15 is 0 Å². The summed E-state index contributed by atoms with van der Waals surface area (Å²) in [7, 11) is 0. The van der Waals surface area contributed by atoms with Gasteiger partial charge in [0.1, 0.15) is 0 Å². The van der Waals surface area contributed by atoms with E-state index in [-0.39, 0.29) is 0 Å². The zero-order valence-corrected chi connectivity index (χ0v) is 29.7. The Bertz CT molecular complexity index is 2810. The van der Waals surface area contributed by atoms with E-state index < -0.39 is 5.41 Å². The molecule has 0 N–H and O–H groups in total. The molecule has 1 spiro atoms. The number of hydrogen-bond donors (Lipinski definition) is 0. The van der Waals surface area contributed by atoms with Crippen LogP contribution in [0.4, 0.5) is 17.1 Å². The molecule has 0 aliphatic heterocycles. The third-order valence-electron chi connectivity index (χ3n) is 11.7. The molecule has 0 atom stereocenters. The summed E-state index contributed by atoms with van der Waals surface area (Å²) < 4.78 is 0. The summed E-state index contributed by atoms with van der Waals surface area (Å²) in [5, 5.41) is 2.51. The van der Waals surface area contributed by atoms with Gasteiger partial charge in [-0.3, -0.25) is 0 Å². The lowest BCUT2D eigenvalue weighted by molar-refractivity contribution is 0.793. The van der Waals surface area contributed by atoms with E-state index in [1.54, 1.807) is 0 Å². The van der Waals surface area contributed by atoms with Gasteiger partial charge >= 0.3 is 0 Å². The summed E-state index contributed by atoms with van der Waals surface area (Å²) in [6.45, 7) is 0. The fraction of sp³-hybridized carbons (Fsp3) is 0.0189. The van der Waals surface area contributed by atoms with Crippen molar-refractivity contribution in [3.05, 3.63) is 235 Å². The van der Waals surface area contributed by atoms with Crippen molar-refractivity contribution in [2.24, 2.45) is 0 Å². The van der Waals surface area contributed by atoms with Crippen LogP contribution in [0.3, 0.4) is 0 Å². The van der Waals surface area contributed by atoms with E-state index in [0.717, 1.165) is 17.1 Å². The SMILES string of the molecule is c1ccc(-c2c(-c3ccc(N(c4ccccc4)c4ccc5c(c4)C4(c6ccccc6-c6ccccc64)c4ccccc4-5)cc3)ccc3ccccc23)cc1. The molecule has 1 heteroatoms. The van der Waals surface area contributed by atoms with Crippen LogP contribution in [0.1, 0.15) is 22.3 Å². The third kappa shape index (κ3) is 4.39. The second-order valence-electron chi connectivity index (χ2n) is 14.4. The van der Waals surface area contributed by atoms with Gasteiger partial charge in [0.25, 0.3) is 0 Å². The molecule has 11 rings (SSSR count). The summed E-state index contributed by atoms with van der Waals surface area (Å²) in [5.41, 5.74) is 18.5. The normalized spacial score (nSPS) is 13.0. The van der Waals surface area contributed by atoms with Gasteiger partial charge in [0.2, 0.25) is 0 Å². The Balaban J connectivity index is 1.09. The number of benzene rings is 9. The van der Waals surface area contributed by atoms with Crippen molar-refractivity contribution in [3.63, 3.8) is 0 Å². The van der Waals surface area contributed by atoms with Crippen LogP contribution >= 0.6 is 0 Å². The van der Waals surface area contributed by atoms with E-state index in [2.05, 4.69) is 217 Å². The van der Waals surface area contributed by atoms with Gasteiger partial charge in [0.05, 0.1) is 5.41 Å². The summed E-state index contributed by atoms with van der Waals surface area (Å²) in [4.78, 5) is 2.41.